The van der Waals surface area contributed by atoms with Gasteiger partial charge < -0.3 is 0 Å². The molecule has 3 rings (SSSR count). The number of benzene rings is 1. The molecule has 2 fully saturated rings. The Hall–Kier alpha value is -0.860. The average Bonchev–Trinajstić information content (AvgIpc) is 2.78. The van der Waals surface area contributed by atoms with Crippen molar-refractivity contribution >= 4 is 0 Å². The van der Waals surface area contributed by atoms with Gasteiger partial charge in [0, 0.05) is 12.6 Å². The number of hydrogen-bond acceptors (Lipinski definition) is 2. The van der Waals surface area contributed by atoms with Gasteiger partial charge in [0.15, 0.2) is 0 Å². The van der Waals surface area contributed by atoms with Crippen molar-refractivity contribution in [3.05, 3.63) is 35.9 Å². The van der Waals surface area contributed by atoms with Crippen molar-refractivity contribution in [1.29, 1.82) is 0 Å². The Bertz CT molecular complexity index is 299. The second-order valence-corrected chi connectivity index (χ2v) is 4.18. The third-order valence-corrected chi connectivity index (χ3v) is 3.24. The summed E-state index contributed by atoms with van der Waals surface area (Å²) < 4.78 is 0. The zero-order valence-corrected chi connectivity index (χ0v) is 8.23. The molecule has 2 saturated heterocycles. The number of nitrogens with zero attached hydrogens (tertiary/aromatic N) is 1. The van der Waals surface area contributed by atoms with Crippen molar-refractivity contribution in [2.75, 3.05) is 6.54 Å². The van der Waals surface area contributed by atoms with Crippen LogP contribution in [0.15, 0.2) is 30.3 Å². The summed E-state index contributed by atoms with van der Waals surface area (Å²) in [5.74, 6) is 0. The van der Waals surface area contributed by atoms with Gasteiger partial charge in [-0.2, -0.15) is 5.06 Å². The van der Waals surface area contributed by atoms with E-state index < -0.39 is 0 Å². The van der Waals surface area contributed by atoms with Gasteiger partial charge in [0.25, 0.3) is 0 Å². The molecule has 0 saturated carbocycles. The number of hydrogen-bond donors (Lipinski definition) is 0. The van der Waals surface area contributed by atoms with E-state index >= 15 is 0 Å². The maximum atomic E-state index is 5.90. The third-order valence-electron chi connectivity index (χ3n) is 3.24. The van der Waals surface area contributed by atoms with Gasteiger partial charge in [-0.05, 0) is 24.8 Å². The molecule has 0 unspecified atom stereocenters. The Morgan fingerprint density at radius 2 is 2.07 bits per heavy atom. The van der Waals surface area contributed by atoms with Crippen molar-refractivity contribution in [2.24, 2.45) is 0 Å². The molecule has 2 nitrogen and oxygen atoms in total. The molecule has 14 heavy (non-hydrogen) atoms. The van der Waals surface area contributed by atoms with Gasteiger partial charge in [-0.25, -0.2) is 0 Å². The highest BCUT2D eigenvalue weighted by atomic mass is 16.7. The van der Waals surface area contributed by atoms with Crippen LogP contribution < -0.4 is 0 Å². The normalized spacial score (nSPS) is 32.0. The highest BCUT2D eigenvalue weighted by Crippen LogP contribution is 2.37. The molecule has 0 N–H and O–H groups in total. The molecule has 0 aliphatic carbocycles. The molecule has 0 spiro atoms. The van der Waals surface area contributed by atoms with Gasteiger partial charge >= 0.3 is 0 Å². The van der Waals surface area contributed by atoms with E-state index in [4.69, 9.17) is 4.84 Å². The molecule has 0 amide bonds. The molecule has 1 aromatic carbocycles. The quantitative estimate of drug-likeness (QED) is 0.673. The summed E-state index contributed by atoms with van der Waals surface area (Å²) in [5, 5.41) is 2.18. The van der Waals surface area contributed by atoms with Gasteiger partial charge in [-0.1, -0.05) is 30.3 Å². The number of fused-ring (bicyclic) bond motifs is 1. The first kappa shape index (κ1) is 8.45. The molecule has 0 aromatic heterocycles. The Balaban J connectivity index is 1.77. The van der Waals surface area contributed by atoms with Gasteiger partial charge in [-0.15, -0.1) is 0 Å². The largest absolute Gasteiger partial charge is 0.291 e. The van der Waals surface area contributed by atoms with Crippen LogP contribution in [0.5, 0.6) is 0 Å². The van der Waals surface area contributed by atoms with Crippen molar-refractivity contribution in [3.63, 3.8) is 0 Å². The number of rotatable bonds is 1. The maximum absolute atomic E-state index is 5.90. The summed E-state index contributed by atoms with van der Waals surface area (Å²) >= 11 is 0. The molecule has 2 atom stereocenters. The summed E-state index contributed by atoms with van der Waals surface area (Å²) in [6.45, 7) is 1.12. The summed E-state index contributed by atoms with van der Waals surface area (Å²) in [6, 6.07) is 11.2. The summed E-state index contributed by atoms with van der Waals surface area (Å²) in [4.78, 5) is 5.90. The molecule has 2 aliphatic heterocycles. The van der Waals surface area contributed by atoms with E-state index in [2.05, 4.69) is 35.4 Å². The lowest BCUT2D eigenvalue weighted by Gasteiger charge is -2.13. The second kappa shape index (κ2) is 3.37. The molecule has 0 radical (unpaired) electrons. The first-order valence-corrected chi connectivity index (χ1v) is 5.42. The molecule has 1 aromatic rings. The van der Waals surface area contributed by atoms with E-state index in [0.29, 0.717) is 12.1 Å². The van der Waals surface area contributed by atoms with Gasteiger partial charge in [0.2, 0.25) is 0 Å². The molecule has 2 aliphatic rings. The van der Waals surface area contributed by atoms with E-state index in [1.54, 1.807) is 0 Å². The van der Waals surface area contributed by atoms with E-state index in [9.17, 15) is 0 Å². The van der Waals surface area contributed by atoms with Crippen LogP contribution in [0.3, 0.4) is 0 Å². The molecule has 2 heteroatoms. The maximum Gasteiger partial charge on any atom is 0.106 e. The van der Waals surface area contributed by atoms with Gasteiger partial charge in [-0.3, -0.25) is 4.84 Å². The zero-order chi connectivity index (χ0) is 9.38. The van der Waals surface area contributed by atoms with E-state index in [0.717, 1.165) is 6.54 Å². The van der Waals surface area contributed by atoms with Crippen LogP contribution in [0, 0.1) is 0 Å². The fourth-order valence-corrected chi connectivity index (χ4v) is 2.50. The Morgan fingerprint density at radius 1 is 1.21 bits per heavy atom. The van der Waals surface area contributed by atoms with Crippen molar-refractivity contribution in [1.82, 2.24) is 5.06 Å². The van der Waals surface area contributed by atoms with Crippen LogP contribution in [0.25, 0.3) is 0 Å². The molecule has 0 bridgehead atoms. The predicted molar refractivity (Wildman–Crippen MR) is 54.6 cm³/mol. The van der Waals surface area contributed by atoms with Gasteiger partial charge in [0.05, 0.1) is 0 Å². The molecular weight excluding hydrogens is 174 g/mol. The van der Waals surface area contributed by atoms with E-state index in [-0.39, 0.29) is 0 Å². The Labute approximate surface area is 84.4 Å². The lowest BCUT2D eigenvalue weighted by atomic mass is 10.0. The minimum atomic E-state index is 0.307. The van der Waals surface area contributed by atoms with Crippen LogP contribution in [0.2, 0.25) is 0 Å². The fraction of sp³-hybridized carbons (Fsp3) is 0.500. The smallest absolute Gasteiger partial charge is 0.106 e. The van der Waals surface area contributed by atoms with Gasteiger partial charge in [0.1, 0.15) is 6.10 Å². The fourth-order valence-electron chi connectivity index (χ4n) is 2.50. The van der Waals surface area contributed by atoms with Crippen molar-refractivity contribution < 1.29 is 4.84 Å². The van der Waals surface area contributed by atoms with Crippen LogP contribution in [-0.4, -0.2) is 17.6 Å². The SMILES string of the molecule is c1ccc([C@@H]2C[C@H]3CCCN3O2)cc1. The Kier molecular flexibility index (Phi) is 2.03. The molecular formula is C12H15NO. The van der Waals surface area contributed by atoms with E-state index in [1.165, 1.54) is 24.8 Å². The monoisotopic (exact) mass is 189 g/mol. The molecule has 74 valence electrons. The summed E-state index contributed by atoms with van der Waals surface area (Å²) in [6.07, 6.45) is 4.08. The zero-order valence-electron chi connectivity index (χ0n) is 8.23. The van der Waals surface area contributed by atoms with Crippen LogP contribution >= 0.6 is 0 Å². The first-order valence-electron chi connectivity index (χ1n) is 5.42. The minimum Gasteiger partial charge on any atom is -0.291 e. The lowest BCUT2D eigenvalue weighted by molar-refractivity contribution is -0.149. The van der Waals surface area contributed by atoms with Crippen molar-refractivity contribution in [3.8, 4) is 0 Å². The summed E-state index contributed by atoms with van der Waals surface area (Å²) in [5.41, 5.74) is 1.32. The third kappa shape index (κ3) is 1.35. The highest BCUT2D eigenvalue weighted by Gasteiger charge is 2.36. The topological polar surface area (TPSA) is 12.5 Å². The van der Waals surface area contributed by atoms with Crippen molar-refractivity contribution in [2.45, 2.75) is 31.4 Å². The average molecular weight is 189 g/mol. The predicted octanol–water partition coefficient (Wildman–Crippen LogP) is 2.53. The Morgan fingerprint density at radius 3 is 2.86 bits per heavy atom. The minimum absolute atomic E-state index is 0.307. The standard InChI is InChI=1S/C12H15NO/c1-2-5-10(6-3-1)12-9-11-7-4-8-13(11)14-12/h1-3,5-6,11-12H,4,7-9H2/t11-,12+/m1/s1. The molecule has 2 heterocycles. The lowest BCUT2D eigenvalue weighted by Crippen LogP contribution is -2.20. The van der Waals surface area contributed by atoms with Crippen LogP contribution in [0.4, 0.5) is 0 Å². The first-order chi connectivity index (χ1) is 6.93. The van der Waals surface area contributed by atoms with Crippen LogP contribution in [-0.2, 0) is 4.84 Å². The van der Waals surface area contributed by atoms with Crippen LogP contribution in [0.1, 0.15) is 30.9 Å². The highest BCUT2D eigenvalue weighted by molar-refractivity contribution is 5.18. The van der Waals surface area contributed by atoms with E-state index in [1.807, 2.05) is 0 Å². The number of hydroxylamine groups is 2. The summed E-state index contributed by atoms with van der Waals surface area (Å²) in [7, 11) is 0. The second-order valence-electron chi connectivity index (χ2n) is 4.18.